The molecule has 0 aromatic carbocycles. The van der Waals surface area contributed by atoms with Crippen LogP contribution in [0.3, 0.4) is 0 Å². The number of rotatable bonds is 6. The summed E-state index contributed by atoms with van der Waals surface area (Å²) in [6.07, 6.45) is 9.02. The number of hydrogen-bond acceptors (Lipinski definition) is 3. The molecule has 116 valence electrons. The van der Waals surface area contributed by atoms with Crippen LogP contribution >= 0.6 is 0 Å². The van der Waals surface area contributed by atoms with Crippen LogP contribution in [0.15, 0.2) is 0 Å². The van der Waals surface area contributed by atoms with Crippen LogP contribution in [0.1, 0.15) is 58.3 Å². The Hall–Kier alpha value is -0.610. The Bertz CT molecular complexity index is 290. The molecule has 2 saturated heterocycles. The lowest BCUT2D eigenvalue weighted by molar-refractivity contribution is -0.135. The van der Waals surface area contributed by atoms with Gasteiger partial charge in [-0.1, -0.05) is 13.3 Å². The highest BCUT2D eigenvalue weighted by Crippen LogP contribution is 2.17. The number of ether oxygens (including phenoxy) is 1. The van der Waals surface area contributed by atoms with E-state index in [1.165, 1.54) is 19.3 Å². The van der Waals surface area contributed by atoms with Crippen LogP contribution < -0.4 is 5.32 Å². The summed E-state index contributed by atoms with van der Waals surface area (Å²) in [7, 11) is 0. The SMILES string of the molecule is CCCOC1CCCN(C(=O)CCC2CCCCN2)C1. The van der Waals surface area contributed by atoms with Crippen molar-refractivity contribution in [2.45, 2.75) is 70.4 Å². The number of amides is 1. The molecule has 2 atom stereocenters. The average Bonchev–Trinajstić information content (AvgIpc) is 2.52. The van der Waals surface area contributed by atoms with Crippen molar-refractivity contribution in [1.82, 2.24) is 10.2 Å². The average molecular weight is 282 g/mol. The first-order valence-corrected chi connectivity index (χ1v) is 8.42. The molecule has 0 saturated carbocycles. The van der Waals surface area contributed by atoms with Gasteiger partial charge in [0.2, 0.25) is 5.91 Å². The molecule has 0 spiro atoms. The van der Waals surface area contributed by atoms with Gasteiger partial charge in [0.25, 0.3) is 0 Å². The summed E-state index contributed by atoms with van der Waals surface area (Å²) < 4.78 is 5.80. The van der Waals surface area contributed by atoms with E-state index in [9.17, 15) is 4.79 Å². The number of nitrogens with zero attached hydrogens (tertiary/aromatic N) is 1. The lowest BCUT2D eigenvalue weighted by Crippen LogP contribution is -2.44. The molecule has 0 aromatic rings. The Morgan fingerprint density at radius 1 is 1.30 bits per heavy atom. The number of carbonyl (C=O) groups excluding carboxylic acids is 1. The normalized spacial score (nSPS) is 27.6. The molecule has 2 rings (SSSR count). The minimum Gasteiger partial charge on any atom is -0.376 e. The lowest BCUT2D eigenvalue weighted by atomic mass is 10.00. The molecule has 1 N–H and O–H groups in total. The molecule has 4 heteroatoms. The van der Waals surface area contributed by atoms with Gasteiger partial charge in [-0.25, -0.2) is 0 Å². The number of carbonyl (C=O) groups is 1. The fourth-order valence-corrected chi connectivity index (χ4v) is 3.21. The van der Waals surface area contributed by atoms with Gasteiger partial charge < -0.3 is 15.0 Å². The van der Waals surface area contributed by atoms with Crippen molar-refractivity contribution in [2.75, 3.05) is 26.2 Å². The summed E-state index contributed by atoms with van der Waals surface area (Å²) in [5.74, 6) is 0.321. The molecular weight excluding hydrogens is 252 g/mol. The van der Waals surface area contributed by atoms with E-state index < -0.39 is 0 Å². The maximum Gasteiger partial charge on any atom is 0.222 e. The summed E-state index contributed by atoms with van der Waals surface area (Å²) in [5, 5.41) is 3.52. The Kier molecular flexibility index (Phi) is 6.80. The third-order valence-corrected chi connectivity index (χ3v) is 4.41. The van der Waals surface area contributed by atoms with E-state index in [2.05, 4.69) is 12.2 Å². The fourth-order valence-electron chi connectivity index (χ4n) is 3.21. The molecule has 2 unspecified atom stereocenters. The highest BCUT2D eigenvalue weighted by molar-refractivity contribution is 5.76. The van der Waals surface area contributed by atoms with Gasteiger partial charge in [0.05, 0.1) is 6.10 Å². The smallest absolute Gasteiger partial charge is 0.222 e. The van der Waals surface area contributed by atoms with Crippen molar-refractivity contribution in [3.05, 3.63) is 0 Å². The Labute approximate surface area is 123 Å². The topological polar surface area (TPSA) is 41.6 Å². The highest BCUT2D eigenvalue weighted by atomic mass is 16.5. The van der Waals surface area contributed by atoms with Gasteiger partial charge in [-0.2, -0.15) is 0 Å². The minimum absolute atomic E-state index is 0.264. The van der Waals surface area contributed by atoms with Gasteiger partial charge in [0.1, 0.15) is 0 Å². The van der Waals surface area contributed by atoms with E-state index >= 15 is 0 Å². The van der Waals surface area contributed by atoms with Crippen molar-refractivity contribution in [1.29, 1.82) is 0 Å². The summed E-state index contributed by atoms with van der Waals surface area (Å²) in [6, 6.07) is 0.560. The second-order valence-corrected chi connectivity index (χ2v) is 6.16. The largest absolute Gasteiger partial charge is 0.376 e. The molecule has 0 aliphatic carbocycles. The first kappa shape index (κ1) is 15.8. The predicted octanol–water partition coefficient (Wildman–Crippen LogP) is 2.33. The quantitative estimate of drug-likeness (QED) is 0.813. The second kappa shape index (κ2) is 8.63. The van der Waals surface area contributed by atoms with Gasteiger partial charge in [-0.3, -0.25) is 4.79 Å². The van der Waals surface area contributed by atoms with Crippen LogP contribution in [0.25, 0.3) is 0 Å². The van der Waals surface area contributed by atoms with Crippen LogP contribution in [0, 0.1) is 0 Å². The maximum absolute atomic E-state index is 12.3. The summed E-state index contributed by atoms with van der Waals surface area (Å²) in [6.45, 7) is 5.79. The summed E-state index contributed by atoms with van der Waals surface area (Å²) >= 11 is 0. The first-order valence-electron chi connectivity index (χ1n) is 8.42. The van der Waals surface area contributed by atoms with Gasteiger partial charge in [-0.15, -0.1) is 0 Å². The van der Waals surface area contributed by atoms with E-state index in [4.69, 9.17) is 4.74 Å². The zero-order chi connectivity index (χ0) is 14.2. The molecule has 2 heterocycles. The highest BCUT2D eigenvalue weighted by Gasteiger charge is 2.24. The van der Waals surface area contributed by atoms with Crippen molar-refractivity contribution >= 4 is 5.91 Å². The molecule has 2 fully saturated rings. The van der Waals surface area contributed by atoms with E-state index in [1.807, 2.05) is 4.90 Å². The number of nitrogens with one attached hydrogen (secondary N) is 1. The van der Waals surface area contributed by atoms with Crippen molar-refractivity contribution in [3.8, 4) is 0 Å². The van der Waals surface area contributed by atoms with Gasteiger partial charge in [0, 0.05) is 32.2 Å². The number of hydrogen-bond donors (Lipinski definition) is 1. The van der Waals surface area contributed by atoms with Crippen LogP contribution in [-0.2, 0) is 9.53 Å². The Morgan fingerprint density at radius 2 is 2.20 bits per heavy atom. The molecule has 20 heavy (non-hydrogen) atoms. The lowest BCUT2D eigenvalue weighted by Gasteiger charge is -2.33. The van der Waals surface area contributed by atoms with E-state index in [0.717, 1.165) is 51.9 Å². The van der Waals surface area contributed by atoms with Crippen molar-refractivity contribution in [3.63, 3.8) is 0 Å². The van der Waals surface area contributed by atoms with E-state index in [1.54, 1.807) is 0 Å². The molecule has 0 radical (unpaired) electrons. The van der Waals surface area contributed by atoms with Crippen LogP contribution in [0.2, 0.25) is 0 Å². The molecule has 2 aliphatic heterocycles. The summed E-state index contributed by atoms with van der Waals surface area (Å²) in [4.78, 5) is 14.3. The third kappa shape index (κ3) is 5.06. The van der Waals surface area contributed by atoms with Gasteiger partial charge in [0.15, 0.2) is 0 Å². The zero-order valence-corrected chi connectivity index (χ0v) is 12.9. The van der Waals surface area contributed by atoms with E-state index in [0.29, 0.717) is 18.4 Å². The van der Waals surface area contributed by atoms with Gasteiger partial charge >= 0.3 is 0 Å². The van der Waals surface area contributed by atoms with Crippen molar-refractivity contribution in [2.24, 2.45) is 0 Å². The van der Waals surface area contributed by atoms with Crippen molar-refractivity contribution < 1.29 is 9.53 Å². The predicted molar refractivity (Wildman–Crippen MR) is 80.7 cm³/mol. The number of likely N-dealkylation sites (tertiary alicyclic amines) is 1. The maximum atomic E-state index is 12.3. The summed E-state index contributed by atoms with van der Waals surface area (Å²) in [5.41, 5.74) is 0. The monoisotopic (exact) mass is 282 g/mol. The van der Waals surface area contributed by atoms with Crippen LogP contribution in [0.5, 0.6) is 0 Å². The number of piperidine rings is 2. The Balaban J connectivity index is 1.68. The second-order valence-electron chi connectivity index (χ2n) is 6.16. The first-order chi connectivity index (χ1) is 9.79. The molecule has 0 bridgehead atoms. The third-order valence-electron chi connectivity index (χ3n) is 4.41. The van der Waals surface area contributed by atoms with Gasteiger partial charge in [-0.05, 0) is 45.1 Å². The minimum atomic E-state index is 0.264. The van der Waals surface area contributed by atoms with Crippen LogP contribution in [-0.4, -0.2) is 49.2 Å². The molecule has 1 amide bonds. The molecule has 0 aromatic heterocycles. The zero-order valence-electron chi connectivity index (χ0n) is 12.9. The van der Waals surface area contributed by atoms with Crippen LogP contribution in [0.4, 0.5) is 0 Å². The fraction of sp³-hybridized carbons (Fsp3) is 0.938. The molecular formula is C16H30N2O2. The Morgan fingerprint density at radius 3 is 2.95 bits per heavy atom. The molecule has 2 aliphatic rings. The standard InChI is InChI=1S/C16H30N2O2/c1-2-12-20-15-7-5-11-18(13-15)16(19)9-8-14-6-3-4-10-17-14/h14-15,17H,2-13H2,1H3. The van der Waals surface area contributed by atoms with E-state index in [-0.39, 0.29) is 6.10 Å². The molecule has 4 nitrogen and oxygen atoms in total.